The van der Waals surface area contributed by atoms with Gasteiger partial charge in [-0.3, -0.25) is 4.79 Å². The molecule has 0 aliphatic carbocycles. The Morgan fingerprint density at radius 2 is 2.50 bits per heavy atom. The molecule has 2 aliphatic rings. The fourth-order valence-electron chi connectivity index (χ4n) is 1.75. The second-order valence-electron chi connectivity index (χ2n) is 3.01. The molecule has 10 heavy (non-hydrogen) atoms. The number of hydrogen-bond acceptors (Lipinski definition) is 2. The molecule has 0 aromatic carbocycles. The first kappa shape index (κ1) is 5.96. The van der Waals surface area contributed by atoms with Gasteiger partial charge < -0.3 is 4.90 Å². The third-order valence-electron chi connectivity index (χ3n) is 2.39. The second-order valence-corrected chi connectivity index (χ2v) is 3.01. The minimum atomic E-state index is 0.137. The highest BCUT2D eigenvalue weighted by molar-refractivity contribution is 5.97. The van der Waals surface area contributed by atoms with E-state index in [4.69, 9.17) is 0 Å². The van der Waals surface area contributed by atoms with Crippen molar-refractivity contribution in [1.29, 1.82) is 0 Å². The lowest BCUT2D eigenvalue weighted by molar-refractivity contribution is -0.116. The molecule has 2 heterocycles. The van der Waals surface area contributed by atoms with Gasteiger partial charge in [0.25, 0.3) is 0 Å². The first-order chi connectivity index (χ1) is 4.79. The summed E-state index contributed by atoms with van der Waals surface area (Å²) >= 11 is 0. The van der Waals surface area contributed by atoms with Crippen LogP contribution < -0.4 is 0 Å². The van der Waals surface area contributed by atoms with E-state index in [1.54, 1.807) is 6.08 Å². The molecule has 1 fully saturated rings. The van der Waals surface area contributed by atoms with E-state index in [0.717, 1.165) is 13.0 Å². The minimum absolute atomic E-state index is 0.137. The van der Waals surface area contributed by atoms with Gasteiger partial charge in [0.15, 0.2) is 5.78 Å². The van der Waals surface area contributed by atoms with Crippen molar-refractivity contribution in [1.82, 2.24) is 4.90 Å². The maximum Gasteiger partial charge on any atom is 0.179 e. The Morgan fingerprint density at radius 3 is 3.20 bits per heavy atom. The van der Waals surface area contributed by atoms with Gasteiger partial charge in [-0.05, 0) is 19.8 Å². The van der Waals surface area contributed by atoms with Crippen molar-refractivity contribution in [2.45, 2.75) is 25.8 Å². The Kier molecular flexibility index (Phi) is 1.10. The normalized spacial score (nSPS) is 30.9. The van der Waals surface area contributed by atoms with Crippen molar-refractivity contribution < 1.29 is 4.79 Å². The molecular weight excluding hydrogens is 126 g/mol. The molecule has 0 spiro atoms. The molecule has 2 heteroatoms. The van der Waals surface area contributed by atoms with Crippen molar-refractivity contribution in [2.24, 2.45) is 0 Å². The van der Waals surface area contributed by atoms with Crippen LogP contribution in [0.15, 0.2) is 11.8 Å². The van der Waals surface area contributed by atoms with Crippen LogP contribution in [0.4, 0.5) is 0 Å². The second kappa shape index (κ2) is 1.84. The van der Waals surface area contributed by atoms with E-state index in [0.29, 0.717) is 0 Å². The molecule has 2 nitrogen and oxygen atoms in total. The fraction of sp³-hybridized carbons (Fsp3) is 0.625. The summed E-state index contributed by atoms with van der Waals surface area (Å²) in [5.74, 6) is 0.287. The largest absolute Gasteiger partial charge is 0.365 e. The summed E-state index contributed by atoms with van der Waals surface area (Å²) in [6, 6.07) is 0.137. The van der Waals surface area contributed by atoms with Crippen molar-refractivity contribution in [2.75, 3.05) is 6.54 Å². The van der Waals surface area contributed by atoms with Crippen LogP contribution in [0.25, 0.3) is 0 Å². The van der Waals surface area contributed by atoms with E-state index >= 15 is 0 Å². The number of carbonyl (C=O) groups is 1. The number of nitrogens with zero attached hydrogens (tertiary/aromatic N) is 1. The lowest BCUT2D eigenvalue weighted by atomic mass is 10.2. The van der Waals surface area contributed by atoms with Crippen LogP contribution in [-0.2, 0) is 4.79 Å². The number of ketones is 1. The smallest absolute Gasteiger partial charge is 0.179 e. The van der Waals surface area contributed by atoms with Crippen LogP contribution in [-0.4, -0.2) is 23.3 Å². The number of fused-ring (bicyclic) bond motifs is 1. The van der Waals surface area contributed by atoms with E-state index < -0.39 is 0 Å². The number of carbonyl (C=O) groups excluding carboxylic acids is 1. The van der Waals surface area contributed by atoms with E-state index in [1.807, 2.05) is 6.92 Å². The van der Waals surface area contributed by atoms with E-state index in [-0.39, 0.29) is 11.8 Å². The maximum absolute atomic E-state index is 11.1. The average Bonchev–Trinajstić information content (AvgIpc) is 2.41. The van der Waals surface area contributed by atoms with Gasteiger partial charge in [0.2, 0.25) is 0 Å². The number of allylic oxidation sites excluding steroid dienone is 1. The summed E-state index contributed by atoms with van der Waals surface area (Å²) in [5, 5.41) is 0. The summed E-state index contributed by atoms with van der Waals surface area (Å²) < 4.78 is 0. The molecule has 1 unspecified atom stereocenters. The van der Waals surface area contributed by atoms with Crippen molar-refractivity contribution in [3.63, 3.8) is 0 Å². The van der Waals surface area contributed by atoms with Crippen LogP contribution in [0.2, 0.25) is 0 Å². The third-order valence-corrected chi connectivity index (χ3v) is 2.39. The molecule has 0 amide bonds. The van der Waals surface area contributed by atoms with Crippen LogP contribution in [0.1, 0.15) is 19.8 Å². The van der Waals surface area contributed by atoms with E-state index in [9.17, 15) is 4.79 Å². The fourth-order valence-corrected chi connectivity index (χ4v) is 1.75. The zero-order valence-corrected chi connectivity index (χ0v) is 6.13. The van der Waals surface area contributed by atoms with Crippen molar-refractivity contribution in [3.05, 3.63) is 11.8 Å². The van der Waals surface area contributed by atoms with Gasteiger partial charge >= 0.3 is 0 Å². The topological polar surface area (TPSA) is 20.3 Å². The van der Waals surface area contributed by atoms with Crippen LogP contribution in [0.3, 0.4) is 0 Å². The summed E-state index contributed by atoms with van der Waals surface area (Å²) in [4.78, 5) is 13.3. The van der Waals surface area contributed by atoms with Crippen LogP contribution >= 0.6 is 0 Å². The predicted molar refractivity (Wildman–Crippen MR) is 38.5 cm³/mol. The maximum atomic E-state index is 11.1. The highest BCUT2D eigenvalue weighted by atomic mass is 16.1. The summed E-state index contributed by atoms with van der Waals surface area (Å²) in [7, 11) is 0. The summed E-state index contributed by atoms with van der Waals surface area (Å²) in [6.45, 7) is 3.07. The Balaban J connectivity index is 2.30. The molecule has 0 aromatic rings. The molecule has 0 N–H and O–H groups in total. The molecule has 0 aromatic heterocycles. The van der Waals surface area contributed by atoms with Crippen LogP contribution in [0.5, 0.6) is 0 Å². The number of hydrogen-bond donors (Lipinski definition) is 0. The lowest BCUT2D eigenvalue weighted by Gasteiger charge is -2.18. The van der Waals surface area contributed by atoms with Gasteiger partial charge in [-0.1, -0.05) is 0 Å². The SMILES string of the molecule is CC1C(=O)C=C2CCCN21. The monoisotopic (exact) mass is 137 g/mol. The van der Waals surface area contributed by atoms with E-state index in [2.05, 4.69) is 4.90 Å². The molecular formula is C8H11NO. The average molecular weight is 137 g/mol. The van der Waals surface area contributed by atoms with Gasteiger partial charge in [-0.25, -0.2) is 0 Å². The highest BCUT2D eigenvalue weighted by Crippen LogP contribution is 2.28. The van der Waals surface area contributed by atoms with Gasteiger partial charge in [-0.15, -0.1) is 0 Å². The Labute approximate surface area is 60.5 Å². The third kappa shape index (κ3) is 0.618. The molecule has 1 saturated heterocycles. The minimum Gasteiger partial charge on any atom is -0.365 e. The summed E-state index contributed by atoms with van der Waals surface area (Å²) in [6.07, 6.45) is 4.14. The molecule has 1 atom stereocenters. The molecule has 0 saturated carbocycles. The quantitative estimate of drug-likeness (QED) is 0.495. The number of rotatable bonds is 0. The Morgan fingerprint density at radius 1 is 1.70 bits per heavy atom. The zero-order valence-electron chi connectivity index (χ0n) is 6.13. The van der Waals surface area contributed by atoms with Crippen LogP contribution in [0, 0.1) is 0 Å². The van der Waals surface area contributed by atoms with Crippen molar-refractivity contribution >= 4 is 5.78 Å². The first-order valence-electron chi connectivity index (χ1n) is 3.80. The summed E-state index contributed by atoms with van der Waals surface area (Å²) in [5.41, 5.74) is 1.26. The van der Waals surface area contributed by atoms with E-state index in [1.165, 1.54) is 12.1 Å². The molecule has 0 radical (unpaired) electrons. The first-order valence-corrected chi connectivity index (χ1v) is 3.80. The zero-order chi connectivity index (χ0) is 7.14. The Bertz CT molecular complexity index is 207. The lowest BCUT2D eigenvalue weighted by Crippen LogP contribution is -2.28. The van der Waals surface area contributed by atoms with Gasteiger partial charge in [0.05, 0.1) is 6.04 Å². The molecule has 2 rings (SSSR count). The van der Waals surface area contributed by atoms with Gasteiger partial charge in [-0.2, -0.15) is 0 Å². The molecule has 2 aliphatic heterocycles. The van der Waals surface area contributed by atoms with Crippen molar-refractivity contribution in [3.8, 4) is 0 Å². The molecule has 54 valence electrons. The predicted octanol–water partition coefficient (Wildman–Crippen LogP) is 0.937. The molecule has 0 bridgehead atoms. The highest BCUT2D eigenvalue weighted by Gasteiger charge is 2.31. The Hall–Kier alpha value is -0.790. The van der Waals surface area contributed by atoms with Gasteiger partial charge in [0.1, 0.15) is 0 Å². The standard InChI is InChI=1S/C8H11NO/c1-6-8(10)5-7-3-2-4-9(6)7/h5-6H,2-4H2,1H3. The van der Waals surface area contributed by atoms with Gasteiger partial charge in [0, 0.05) is 18.3 Å².